The van der Waals surface area contributed by atoms with Crippen molar-refractivity contribution in [2.45, 2.75) is 6.42 Å². The summed E-state index contributed by atoms with van der Waals surface area (Å²) < 4.78 is 1.67. The Bertz CT molecular complexity index is 798. The predicted octanol–water partition coefficient (Wildman–Crippen LogP) is 2.67. The highest BCUT2D eigenvalue weighted by molar-refractivity contribution is 6.31. The fourth-order valence-electron chi connectivity index (χ4n) is 2.00. The molecule has 2 heterocycles. The molecule has 0 radical (unpaired) electrons. The first-order chi connectivity index (χ1) is 9.65. The molecular formula is C14H10ClN3O2. The van der Waals surface area contributed by atoms with Crippen molar-refractivity contribution in [1.82, 2.24) is 14.6 Å². The summed E-state index contributed by atoms with van der Waals surface area (Å²) in [6.45, 7) is 0. The van der Waals surface area contributed by atoms with Gasteiger partial charge in [0.1, 0.15) is 5.82 Å². The molecule has 0 amide bonds. The average Bonchev–Trinajstić information content (AvgIpc) is 2.84. The van der Waals surface area contributed by atoms with Crippen molar-refractivity contribution in [2.75, 3.05) is 0 Å². The number of hydrogen-bond acceptors (Lipinski definition) is 3. The van der Waals surface area contributed by atoms with Gasteiger partial charge in [0.2, 0.25) is 0 Å². The lowest BCUT2D eigenvalue weighted by Crippen LogP contribution is -2.02. The SMILES string of the molecule is O=C(O)c1ccc2nnc(Cc3ccccc3Cl)n2c1. The highest BCUT2D eigenvalue weighted by Crippen LogP contribution is 2.18. The molecule has 0 aliphatic heterocycles. The van der Waals surface area contributed by atoms with Crippen molar-refractivity contribution in [1.29, 1.82) is 0 Å². The number of carbonyl (C=O) groups is 1. The highest BCUT2D eigenvalue weighted by atomic mass is 35.5. The van der Waals surface area contributed by atoms with E-state index in [1.54, 1.807) is 10.5 Å². The van der Waals surface area contributed by atoms with Crippen LogP contribution in [0, 0.1) is 0 Å². The number of aromatic nitrogens is 3. The van der Waals surface area contributed by atoms with Crippen LogP contribution in [-0.4, -0.2) is 25.7 Å². The van der Waals surface area contributed by atoms with Crippen molar-refractivity contribution in [2.24, 2.45) is 0 Å². The third kappa shape index (κ3) is 2.23. The Hall–Kier alpha value is -2.40. The van der Waals surface area contributed by atoms with E-state index in [2.05, 4.69) is 10.2 Å². The van der Waals surface area contributed by atoms with Crippen LogP contribution in [0.25, 0.3) is 5.65 Å². The molecule has 3 aromatic rings. The average molecular weight is 288 g/mol. The largest absolute Gasteiger partial charge is 0.478 e. The van der Waals surface area contributed by atoms with Crippen molar-refractivity contribution in [3.63, 3.8) is 0 Å². The standard InChI is InChI=1S/C14H10ClN3O2/c15-11-4-2-1-3-9(11)7-13-17-16-12-6-5-10(14(19)20)8-18(12)13/h1-6,8H,7H2,(H,19,20). The van der Waals surface area contributed by atoms with E-state index in [-0.39, 0.29) is 5.56 Å². The van der Waals surface area contributed by atoms with Gasteiger partial charge in [0.25, 0.3) is 0 Å². The summed E-state index contributed by atoms with van der Waals surface area (Å²) in [4.78, 5) is 11.0. The third-order valence-electron chi connectivity index (χ3n) is 3.03. The number of rotatable bonds is 3. The lowest BCUT2D eigenvalue weighted by molar-refractivity contribution is 0.0696. The van der Waals surface area contributed by atoms with E-state index in [4.69, 9.17) is 16.7 Å². The van der Waals surface area contributed by atoms with Gasteiger partial charge in [-0.2, -0.15) is 0 Å². The fraction of sp³-hybridized carbons (Fsp3) is 0.0714. The summed E-state index contributed by atoms with van der Waals surface area (Å²) in [5, 5.41) is 17.8. The van der Waals surface area contributed by atoms with Crippen LogP contribution in [0.3, 0.4) is 0 Å². The van der Waals surface area contributed by atoms with Gasteiger partial charge < -0.3 is 5.11 Å². The number of hydrogen-bond donors (Lipinski definition) is 1. The zero-order valence-electron chi connectivity index (χ0n) is 10.3. The molecule has 0 unspecified atom stereocenters. The smallest absolute Gasteiger partial charge is 0.337 e. The van der Waals surface area contributed by atoms with E-state index in [9.17, 15) is 4.79 Å². The summed E-state index contributed by atoms with van der Waals surface area (Å²) in [6, 6.07) is 10.6. The van der Waals surface area contributed by atoms with Gasteiger partial charge in [-0.05, 0) is 23.8 Å². The molecule has 0 bridgehead atoms. The van der Waals surface area contributed by atoms with Crippen LogP contribution in [0.1, 0.15) is 21.7 Å². The van der Waals surface area contributed by atoms with Gasteiger partial charge in [-0.15, -0.1) is 10.2 Å². The number of carboxylic acids is 1. The Kier molecular flexibility index (Phi) is 3.12. The topological polar surface area (TPSA) is 67.5 Å². The molecule has 5 nitrogen and oxygen atoms in total. The van der Waals surface area contributed by atoms with Crippen LogP contribution < -0.4 is 0 Å². The van der Waals surface area contributed by atoms with Crippen LogP contribution >= 0.6 is 11.6 Å². The minimum atomic E-state index is -0.982. The Balaban J connectivity index is 2.06. The molecule has 2 aromatic heterocycles. The van der Waals surface area contributed by atoms with E-state index in [0.717, 1.165) is 5.56 Å². The van der Waals surface area contributed by atoms with E-state index in [1.807, 2.05) is 24.3 Å². The van der Waals surface area contributed by atoms with Crippen molar-refractivity contribution >= 4 is 23.2 Å². The quantitative estimate of drug-likeness (QED) is 0.804. The zero-order chi connectivity index (χ0) is 14.1. The molecule has 0 saturated carbocycles. The van der Waals surface area contributed by atoms with E-state index >= 15 is 0 Å². The monoisotopic (exact) mass is 287 g/mol. The third-order valence-corrected chi connectivity index (χ3v) is 3.40. The molecule has 0 aliphatic rings. The number of nitrogens with zero attached hydrogens (tertiary/aromatic N) is 3. The maximum Gasteiger partial charge on any atom is 0.337 e. The molecule has 0 fully saturated rings. The van der Waals surface area contributed by atoms with Crippen LogP contribution in [0.5, 0.6) is 0 Å². The summed E-state index contributed by atoms with van der Waals surface area (Å²) >= 11 is 6.12. The molecule has 0 spiro atoms. The highest BCUT2D eigenvalue weighted by Gasteiger charge is 2.11. The Morgan fingerprint density at radius 2 is 2.00 bits per heavy atom. The lowest BCUT2D eigenvalue weighted by Gasteiger charge is -2.03. The Morgan fingerprint density at radius 1 is 1.20 bits per heavy atom. The van der Waals surface area contributed by atoms with E-state index in [0.29, 0.717) is 22.9 Å². The van der Waals surface area contributed by atoms with Crippen molar-refractivity contribution in [3.8, 4) is 0 Å². The lowest BCUT2D eigenvalue weighted by atomic mass is 10.1. The predicted molar refractivity (Wildman–Crippen MR) is 74.2 cm³/mol. The molecule has 20 heavy (non-hydrogen) atoms. The number of pyridine rings is 1. The number of halogens is 1. The molecular weight excluding hydrogens is 278 g/mol. The van der Waals surface area contributed by atoms with Crippen LogP contribution in [0.2, 0.25) is 5.02 Å². The fourth-order valence-corrected chi connectivity index (χ4v) is 2.20. The number of benzene rings is 1. The molecule has 1 N–H and O–H groups in total. The summed E-state index contributed by atoms with van der Waals surface area (Å²) in [6.07, 6.45) is 2.01. The summed E-state index contributed by atoms with van der Waals surface area (Å²) in [5.41, 5.74) is 1.72. The van der Waals surface area contributed by atoms with Gasteiger partial charge in [-0.25, -0.2) is 4.79 Å². The number of fused-ring (bicyclic) bond motifs is 1. The van der Waals surface area contributed by atoms with E-state index in [1.165, 1.54) is 12.3 Å². The van der Waals surface area contributed by atoms with Gasteiger partial charge >= 0.3 is 5.97 Å². The van der Waals surface area contributed by atoms with E-state index < -0.39 is 5.97 Å². The molecule has 0 saturated heterocycles. The van der Waals surface area contributed by atoms with Crippen LogP contribution in [-0.2, 0) is 6.42 Å². The second-order valence-electron chi connectivity index (χ2n) is 4.34. The van der Waals surface area contributed by atoms with Gasteiger partial charge in [0.05, 0.1) is 5.56 Å². The molecule has 100 valence electrons. The Labute approximate surface area is 119 Å². The minimum absolute atomic E-state index is 0.192. The van der Waals surface area contributed by atoms with Crippen LogP contribution in [0.15, 0.2) is 42.6 Å². The minimum Gasteiger partial charge on any atom is -0.478 e. The van der Waals surface area contributed by atoms with Crippen molar-refractivity contribution < 1.29 is 9.90 Å². The number of carboxylic acid groups (broad SMARTS) is 1. The number of aromatic carboxylic acids is 1. The normalized spacial score (nSPS) is 10.8. The first-order valence-electron chi connectivity index (χ1n) is 5.95. The molecule has 0 aliphatic carbocycles. The second-order valence-corrected chi connectivity index (χ2v) is 4.74. The maximum absolute atomic E-state index is 11.0. The summed E-state index contributed by atoms with van der Waals surface area (Å²) in [5.74, 6) is -0.333. The van der Waals surface area contributed by atoms with Crippen LogP contribution in [0.4, 0.5) is 0 Å². The molecule has 0 atom stereocenters. The Morgan fingerprint density at radius 3 is 2.75 bits per heavy atom. The van der Waals surface area contributed by atoms with Gasteiger partial charge in [-0.1, -0.05) is 29.8 Å². The first kappa shape index (κ1) is 12.6. The van der Waals surface area contributed by atoms with Gasteiger partial charge in [0, 0.05) is 17.6 Å². The molecule has 6 heteroatoms. The van der Waals surface area contributed by atoms with Gasteiger partial charge in [0.15, 0.2) is 5.65 Å². The molecule has 3 rings (SSSR count). The molecule has 1 aromatic carbocycles. The van der Waals surface area contributed by atoms with Crippen molar-refractivity contribution in [3.05, 3.63) is 64.6 Å². The van der Waals surface area contributed by atoms with Gasteiger partial charge in [-0.3, -0.25) is 4.40 Å². The zero-order valence-corrected chi connectivity index (χ0v) is 11.1. The second kappa shape index (κ2) is 4.94. The summed E-state index contributed by atoms with van der Waals surface area (Å²) in [7, 11) is 0. The first-order valence-corrected chi connectivity index (χ1v) is 6.33. The maximum atomic E-state index is 11.0.